The summed E-state index contributed by atoms with van der Waals surface area (Å²) in [6.07, 6.45) is 2.68. The Labute approximate surface area is 97.8 Å². The van der Waals surface area contributed by atoms with Gasteiger partial charge in [-0.2, -0.15) is 0 Å². The quantitative estimate of drug-likeness (QED) is 0.778. The lowest BCUT2D eigenvalue weighted by atomic mass is 10.2. The molecule has 0 saturated heterocycles. The largest absolute Gasteiger partial charge is 0.480 e. The first kappa shape index (κ1) is 12.9. The van der Waals surface area contributed by atoms with Gasteiger partial charge in [0.05, 0.1) is 0 Å². The Hall–Kier alpha value is -2.17. The molecular formula is C12H12FNO3. The number of amides is 1. The van der Waals surface area contributed by atoms with E-state index in [0.29, 0.717) is 5.56 Å². The predicted octanol–water partition coefficient (Wildman–Crippen LogP) is 1.43. The normalized spacial score (nSPS) is 12.4. The van der Waals surface area contributed by atoms with Gasteiger partial charge in [-0.1, -0.05) is 12.1 Å². The zero-order chi connectivity index (χ0) is 12.8. The lowest BCUT2D eigenvalue weighted by molar-refractivity contribution is -0.140. The Balaban J connectivity index is 2.56. The van der Waals surface area contributed by atoms with Gasteiger partial charge in [-0.05, 0) is 30.7 Å². The number of carbonyl (C=O) groups is 2. The third-order valence-corrected chi connectivity index (χ3v) is 2.03. The predicted molar refractivity (Wildman–Crippen MR) is 60.7 cm³/mol. The van der Waals surface area contributed by atoms with Crippen molar-refractivity contribution in [2.45, 2.75) is 13.0 Å². The molecule has 0 unspecified atom stereocenters. The van der Waals surface area contributed by atoms with Crippen molar-refractivity contribution in [1.82, 2.24) is 5.32 Å². The number of rotatable bonds is 4. The first-order valence-corrected chi connectivity index (χ1v) is 4.96. The van der Waals surface area contributed by atoms with Gasteiger partial charge in [0.15, 0.2) is 0 Å². The molecule has 0 aliphatic carbocycles. The van der Waals surface area contributed by atoms with E-state index < -0.39 is 17.9 Å². The van der Waals surface area contributed by atoms with Gasteiger partial charge in [0.2, 0.25) is 5.91 Å². The summed E-state index contributed by atoms with van der Waals surface area (Å²) in [6.45, 7) is 1.37. The molecule has 17 heavy (non-hydrogen) atoms. The first-order valence-electron chi connectivity index (χ1n) is 4.96. The van der Waals surface area contributed by atoms with Crippen molar-refractivity contribution >= 4 is 18.0 Å². The highest BCUT2D eigenvalue weighted by atomic mass is 19.1. The fourth-order valence-electron chi connectivity index (χ4n) is 1.07. The highest BCUT2D eigenvalue weighted by Crippen LogP contribution is 2.04. The minimum atomic E-state index is -1.10. The molecule has 0 radical (unpaired) electrons. The minimum absolute atomic E-state index is 0.355. The number of hydrogen-bond acceptors (Lipinski definition) is 2. The van der Waals surface area contributed by atoms with Crippen molar-refractivity contribution in [3.05, 3.63) is 41.7 Å². The highest BCUT2D eigenvalue weighted by Gasteiger charge is 2.11. The van der Waals surface area contributed by atoms with Crippen LogP contribution in [0, 0.1) is 5.82 Å². The molecule has 0 bridgehead atoms. The number of halogens is 1. The standard InChI is InChI=1S/C12H12FNO3/c1-8(12(16)17)14-11(15)7-4-9-2-5-10(13)6-3-9/h2-8H,1H3,(H,14,15)(H,16,17)/t8-/m1/s1. The van der Waals surface area contributed by atoms with Crippen LogP contribution in [0.3, 0.4) is 0 Å². The summed E-state index contributed by atoms with van der Waals surface area (Å²) in [5.74, 6) is -1.97. The monoisotopic (exact) mass is 237 g/mol. The zero-order valence-corrected chi connectivity index (χ0v) is 9.18. The molecule has 2 N–H and O–H groups in total. The van der Waals surface area contributed by atoms with Gasteiger partial charge in [-0.15, -0.1) is 0 Å². The van der Waals surface area contributed by atoms with Crippen LogP contribution in [0.5, 0.6) is 0 Å². The van der Waals surface area contributed by atoms with E-state index in [-0.39, 0.29) is 5.82 Å². The third-order valence-electron chi connectivity index (χ3n) is 2.03. The van der Waals surface area contributed by atoms with Crippen molar-refractivity contribution in [2.24, 2.45) is 0 Å². The van der Waals surface area contributed by atoms with Crippen molar-refractivity contribution in [3.63, 3.8) is 0 Å². The SMILES string of the molecule is C[C@@H](NC(=O)C=Cc1ccc(F)cc1)C(=O)O. The summed E-state index contributed by atoms with van der Waals surface area (Å²) >= 11 is 0. The molecule has 0 heterocycles. The van der Waals surface area contributed by atoms with Crippen LogP contribution in [-0.2, 0) is 9.59 Å². The second kappa shape index (κ2) is 5.79. The Kier molecular flexibility index (Phi) is 4.39. The molecule has 0 aliphatic rings. The summed E-state index contributed by atoms with van der Waals surface area (Å²) in [4.78, 5) is 21.7. The molecular weight excluding hydrogens is 225 g/mol. The molecule has 0 fully saturated rings. The summed E-state index contributed by atoms with van der Waals surface area (Å²) in [6, 6.07) is 4.63. The Morgan fingerprint density at radius 3 is 2.47 bits per heavy atom. The highest BCUT2D eigenvalue weighted by molar-refractivity contribution is 5.94. The molecule has 90 valence electrons. The van der Waals surface area contributed by atoms with Crippen LogP contribution in [0.2, 0.25) is 0 Å². The van der Waals surface area contributed by atoms with Crippen LogP contribution in [0.1, 0.15) is 12.5 Å². The van der Waals surface area contributed by atoms with Gasteiger partial charge in [0.25, 0.3) is 0 Å². The van der Waals surface area contributed by atoms with Crippen LogP contribution in [0.25, 0.3) is 6.08 Å². The summed E-state index contributed by atoms with van der Waals surface area (Å²) < 4.78 is 12.6. The molecule has 1 rings (SSSR count). The molecule has 0 saturated carbocycles. The molecule has 0 aromatic heterocycles. The number of hydrogen-bond donors (Lipinski definition) is 2. The lowest BCUT2D eigenvalue weighted by Crippen LogP contribution is -2.37. The number of benzene rings is 1. The Morgan fingerprint density at radius 1 is 1.35 bits per heavy atom. The van der Waals surface area contributed by atoms with E-state index in [1.165, 1.54) is 43.3 Å². The van der Waals surface area contributed by atoms with E-state index in [9.17, 15) is 14.0 Å². The second-order valence-corrected chi connectivity index (χ2v) is 3.45. The van der Waals surface area contributed by atoms with Crippen LogP contribution in [-0.4, -0.2) is 23.0 Å². The van der Waals surface area contributed by atoms with E-state index in [2.05, 4.69) is 5.32 Å². The molecule has 1 atom stereocenters. The molecule has 0 aliphatic heterocycles. The average molecular weight is 237 g/mol. The van der Waals surface area contributed by atoms with Gasteiger partial charge in [0.1, 0.15) is 11.9 Å². The van der Waals surface area contributed by atoms with Gasteiger partial charge in [-0.3, -0.25) is 9.59 Å². The molecule has 0 spiro atoms. The van der Waals surface area contributed by atoms with Crippen molar-refractivity contribution < 1.29 is 19.1 Å². The second-order valence-electron chi connectivity index (χ2n) is 3.45. The van der Waals surface area contributed by atoms with Crippen molar-refractivity contribution in [2.75, 3.05) is 0 Å². The molecule has 1 amide bonds. The van der Waals surface area contributed by atoms with Gasteiger partial charge >= 0.3 is 5.97 Å². The number of nitrogens with one attached hydrogen (secondary N) is 1. The number of aliphatic carboxylic acids is 1. The van der Waals surface area contributed by atoms with E-state index >= 15 is 0 Å². The topological polar surface area (TPSA) is 66.4 Å². The van der Waals surface area contributed by atoms with E-state index in [0.717, 1.165) is 0 Å². The van der Waals surface area contributed by atoms with Crippen molar-refractivity contribution in [1.29, 1.82) is 0 Å². The fourth-order valence-corrected chi connectivity index (χ4v) is 1.07. The van der Waals surface area contributed by atoms with Crippen LogP contribution in [0.4, 0.5) is 4.39 Å². The van der Waals surface area contributed by atoms with E-state index in [1.54, 1.807) is 0 Å². The lowest BCUT2D eigenvalue weighted by Gasteiger charge is -2.05. The first-order chi connectivity index (χ1) is 7.99. The van der Waals surface area contributed by atoms with Crippen molar-refractivity contribution in [3.8, 4) is 0 Å². The van der Waals surface area contributed by atoms with E-state index in [4.69, 9.17) is 5.11 Å². The molecule has 5 heteroatoms. The molecule has 1 aromatic rings. The number of carboxylic acids is 1. The maximum atomic E-state index is 12.6. The van der Waals surface area contributed by atoms with Gasteiger partial charge in [0, 0.05) is 6.08 Å². The fraction of sp³-hybridized carbons (Fsp3) is 0.167. The summed E-state index contributed by atoms with van der Waals surface area (Å²) in [5, 5.41) is 10.8. The van der Waals surface area contributed by atoms with Gasteiger partial charge < -0.3 is 10.4 Å². The smallest absolute Gasteiger partial charge is 0.325 e. The van der Waals surface area contributed by atoms with Crippen LogP contribution < -0.4 is 5.32 Å². The summed E-state index contributed by atoms with van der Waals surface area (Å²) in [7, 11) is 0. The Morgan fingerprint density at radius 2 is 1.94 bits per heavy atom. The maximum absolute atomic E-state index is 12.6. The van der Waals surface area contributed by atoms with Gasteiger partial charge in [-0.25, -0.2) is 4.39 Å². The van der Waals surface area contributed by atoms with E-state index in [1.807, 2.05) is 0 Å². The minimum Gasteiger partial charge on any atom is -0.480 e. The van der Waals surface area contributed by atoms with Crippen LogP contribution in [0.15, 0.2) is 30.3 Å². The number of carboxylic acid groups (broad SMARTS) is 1. The molecule has 4 nitrogen and oxygen atoms in total. The maximum Gasteiger partial charge on any atom is 0.325 e. The number of carbonyl (C=O) groups excluding carboxylic acids is 1. The third kappa shape index (κ3) is 4.46. The zero-order valence-electron chi connectivity index (χ0n) is 9.18. The summed E-state index contributed by atoms with van der Waals surface area (Å²) in [5.41, 5.74) is 0.657. The average Bonchev–Trinajstić information content (AvgIpc) is 2.28. The molecule has 1 aromatic carbocycles. The van der Waals surface area contributed by atoms with Crippen LogP contribution >= 0.6 is 0 Å². The Bertz CT molecular complexity index is 440.